The zero-order valence-electron chi connectivity index (χ0n) is 21.2. The number of nitrogens with zero attached hydrogens (tertiary/aromatic N) is 2. The molecule has 0 atom stereocenters. The van der Waals surface area contributed by atoms with Gasteiger partial charge in [0.2, 0.25) is 0 Å². The number of nitrogen functional groups attached to an aromatic ring is 2. The fourth-order valence-electron chi connectivity index (χ4n) is 5.05. The number of nitrogens with two attached hydrogens (primary N) is 2. The number of fused-ring (bicyclic) bond motifs is 3. The third-order valence-electron chi connectivity index (χ3n) is 7.13. The highest BCUT2D eigenvalue weighted by Gasteiger charge is 2.29. The van der Waals surface area contributed by atoms with Gasteiger partial charge >= 0.3 is 0 Å². The Morgan fingerprint density at radius 1 is 0.707 bits per heavy atom. The molecule has 41 heavy (non-hydrogen) atoms. The molecule has 1 aliphatic carbocycles. The minimum absolute atomic E-state index is 0.0311. The summed E-state index contributed by atoms with van der Waals surface area (Å²) in [6, 6.07) is 22.4. The number of hydrogen-bond acceptors (Lipinski definition) is 6. The van der Waals surface area contributed by atoms with E-state index in [9.17, 15) is 4.39 Å². The minimum atomic E-state index is -1.36. The third-order valence-corrected chi connectivity index (χ3v) is 7.13. The lowest BCUT2D eigenvalue weighted by Gasteiger charge is -2.23. The molecule has 0 saturated heterocycles. The number of allylic oxidation sites excluding steroid dienone is 1. The molecule has 4 aromatic carbocycles. The molecule has 1 aromatic heterocycles. The first-order valence-corrected chi connectivity index (χ1v) is 12.4. The molecule has 0 amide bonds. The Kier molecular flexibility index (Phi) is 5.89. The van der Waals surface area contributed by atoms with Crippen molar-refractivity contribution < 1.29 is 13.2 Å². The summed E-state index contributed by atoms with van der Waals surface area (Å²) in [5.74, 6) is -3.92. The van der Waals surface area contributed by atoms with Crippen molar-refractivity contribution >= 4 is 45.4 Å². The van der Waals surface area contributed by atoms with Crippen LogP contribution >= 0.6 is 0 Å². The topological polar surface area (TPSA) is 136 Å². The van der Waals surface area contributed by atoms with E-state index in [0.29, 0.717) is 44.4 Å². The number of rotatable bonds is 3. The average Bonchev–Trinajstić information content (AvgIpc) is 3.00. The Hall–Kier alpha value is -5.75. The Labute approximate surface area is 232 Å². The predicted molar refractivity (Wildman–Crippen MR) is 155 cm³/mol. The molecule has 5 aromatic rings. The summed E-state index contributed by atoms with van der Waals surface area (Å²) >= 11 is 0. The number of pyridine rings is 1. The first kappa shape index (κ1) is 25.5. The highest BCUT2D eigenvalue weighted by molar-refractivity contribution is 6.64. The fraction of sp³-hybridized carbons (Fsp3) is 0. The van der Waals surface area contributed by atoms with Crippen LogP contribution in [0.25, 0.3) is 44.9 Å². The number of nitrogens with one attached hydrogen (secondary N) is 2. The maximum atomic E-state index is 15.0. The smallest absolute Gasteiger partial charge is 0.174 e. The van der Waals surface area contributed by atoms with Crippen LogP contribution < -0.4 is 11.5 Å². The van der Waals surface area contributed by atoms with Gasteiger partial charge in [0.25, 0.3) is 0 Å². The lowest BCUT2D eigenvalue weighted by atomic mass is 9.82. The van der Waals surface area contributed by atoms with E-state index in [1.54, 1.807) is 36.4 Å². The van der Waals surface area contributed by atoms with Gasteiger partial charge in [-0.2, -0.15) is 5.26 Å². The summed E-state index contributed by atoms with van der Waals surface area (Å²) in [7, 11) is 0. The van der Waals surface area contributed by atoms with Crippen LogP contribution in [0.4, 0.5) is 24.5 Å². The molecule has 1 heterocycles. The van der Waals surface area contributed by atoms with Gasteiger partial charge in [-0.15, -0.1) is 0 Å². The lowest BCUT2D eigenvalue weighted by Crippen LogP contribution is -2.21. The lowest BCUT2D eigenvalue weighted by molar-refractivity contribution is 0.560. The molecule has 0 radical (unpaired) electrons. The summed E-state index contributed by atoms with van der Waals surface area (Å²) in [6.45, 7) is 0. The molecule has 0 spiro atoms. The molecule has 0 bridgehead atoms. The zero-order valence-corrected chi connectivity index (χ0v) is 21.2. The van der Waals surface area contributed by atoms with Gasteiger partial charge in [-0.25, -0.2) is 18.2 Å². The van der Waals surface area contributed by atoms with Gasteiger partial charge in [0, 0.05) is 27.6 Å². The second-order valence-corrected chi connectivity index (χ2v) is 9.49. The van der Waals surface area contributed by atoms with Crippen LogP contribution in [0.15, 0.2) is 72.8 Å². The van der Waals surface area contributed by atoms with Gasteiger partial charge in [-0.3, -0.25) is 10.8 Å². The summed E-state index contributed by atoms with van der Waals surface area (Å²) in [4.78, 5) is 4.85. The van der Waals surface area contributed by atoms with E-state index in [2.05, 4.69) is 6.07 Å². The molecule has 6 N–H and O–H groups in total. The third kappa shape index (κ3) is 3.93. The molecule has 0 fully saturated rings. The second-order valence-electron chi connectivity index (χ2n) is 9.49. The normalized spacial score (nSPS) is 12.7. The summed E-state index contributed by atoms with van der Waals surface area (Å²) in [6.07, 6.45) is 1.79. The van der Waals surface area contributed by atoms with Crippen molar-refractivity contribution in [2.45, 2.75) is 0 Å². The van der Waals surface area contributed by atoms with Crippen LogP contribution in [0.2, 0.25) is 0 Å². The molecule has 0 aliphatic heterocycles. The quantitative estimate of drug-likeness (QED) is 0.182. The summed E-state index contributed by atoms with van der Waals surface area (Å²) in [5, 5.41) is 27.5. The highest BCUT2D eigenvalue weighted by Crippen LogP contribution is 2.41. The molecular formula is C32H19F3N6. The van der Waals surface area contributed by atoms with Gasteiger partial charge in [0.15, 0.2) is 17.5 Å². The van der Waals surface area contributed by atoms with Crippen LogP contribution in [0.5, 0.6) is 0 Å². The van der Waals surface area contributed by atoms with Crippen LogP contribution in [0.1, 0.15) is 22.3 Å². The van der Waals surface area contributed by atoms with Crippen molar-refractivity contribution in [3.8, 4) is 28.5 Å². The van der Waals surface area contributed by atoms with Gasteiger partial charge in [-0.05, 0) is 35.4 Å². The maximum Gasteiger partial charge on any atom is 0.174 e. The van der Waals surface area contributed by atoms with E-state index >= 15 is 8.78 Å². The Bertz CT molecular complexity index is 2000. The number of benzene rings is 4. The average molecular weight is 545 g/mol. The van der Waals surface area contributed by atoms with Crippen molar-refractivity contribution in [3.05, 3.63) is 113 Å². The van der Waals surface area contributed by atoms with E-state index in [1.807, 2.05) is 30.3 Å². The zero-order chi connectivity index (χ0) is 29.0. The predicted octanol–water partition coefficient (Wildman–Crippen LogP) is 6.96. The van der Waals surface area contributed by atoms with Crippen molar-refractivity contribution in [1.29, 1.82) is 16.1 Å². The molecule has 6 rings (SSSR count). The molecule has 6 nitrogen and oxygen atoms in total. The van der Waals surface area contributed by atoms with Gasteiger partial charge in [0.1, 0.15) is 11.4 Å². The summed E-state index contributed by atoms with van der Waals surface area (Å²) < 4.78 is 44.1. The minimum Gasteiger partial charge on any atom is -0.394 e. The van der Waals surface area contributed by atoms with E-state index < -0.39 is 34.4 Å². The summed E-state index contributed by atoms with van der Waals surface area (Å²) in [5.41, 5.74) is 12.8. The molecular weight excluding hydrogens is 525 g/mol. The molecule has 198 valence electrons. The first-order valence-electron chi connectivity index (χ1n) is 12.4. The van der Waals surface area contributed by atoms with Crippen molar-refractivity contribution in [2.24, 2.45) is 0 Å². The largest absolute Gasteiger partial charge is 0.394 e. The Morgan fingerprint density at radius 2 is 1.34 bits per heavy atom. The van der Waals surface area contributed by atoms with E-state index in [4.69, 9.17) is 32.5 Å². The van der Waals surface area contributed by atoms with Gasteiger partial charge in [-0.1, -0.05) is 54.6 Å². The van der Waals surface area contributed by atoms with Crippen molar-refractivity contribution in [2.75, 3.05) is 11.5 Å². The number of halogens is 3. The number of hydrogen-bond donors (Lipinski definition) is 4. The van der Waals surface area contributed by atoms with Crippen LogP contribution in [-0.4, -0.2) is 16.4 Å². The SMILES string of the molecule is N#Cc1ccc(C2=Cc3c(-c4ccccc4)nc4cc(-c5c(F)c(N)c(F)c(N)c5F)ccc4c3C(=N)C2=N)cc1. The van der Waals surface area contributed by atoms with Crippen LogP contribution in [-0.2, 0) is 0 Å². The van der Waals surface area contributed by atoms with Gasteiger partial charge in [0.05, 0.1) is 39.8 Å². The maximum absolute atomic E-state index is 15.0. The monoisotopic (exact) mass is 544 g/mol. The van der Waals surface area contributed by atoms with E-state index in [1.165, 1.54) is 12.1 Å². The molecule has 0 saturated carbocycles. The first-order chi connectivity index (χ1) is 19.7. The molecule has 0 unspecified atom stereocenters. The number of nitriles is 1. The Balaban J connectivity index is 1.65. The fourth-order valence-corrected chi connectivity index (χ4v) is 5.05. The molecule has 9 heteroatoms. The second kappa shape index (κ2) is 9.47. The van der Waals surface area contributed by atoms with Crippen LogP contribution in [0, 0.1) is 39.6 Å². The van der Waals surface area contributed by atoms with Gasteiger partial charge < -0.3 is 11.5 Å². The van der Waals surface area contributed by atoms with Crippen LogP contribution in [0.3, 0.4) is 0 Å². The highest BCUT2D eigenvalue weighted by atomic mass is 19.1. The van der Waals surface area contributed by atoms with E-state index in [0.717, 1.165) is 5.56 Å². The molecule has 1 aliphatic rings. The number of aromatic nitrogens is 1. The standard InChI is InChI=1S/C32H19F3N6/c33-25-23(26(34)31(40)27(35)30(25)39)18-10-11-19-22(12-18)41-32(17-4-2-1-3-5-17)21-13-20(28(37)29(38)24(19)21)16-8-6-15(14-36)7-9-16/h1-13,37-38H,39-40H2. The number of anilines is 2. The van der Waals surface area contributed by atoms with Crippen molar-refractivity contribution in [3.63, 3.8) is 0 Å². The van der Waals surface area contributed by atoms with Crippen molar-refractivity contribution in [1.82, 2.24) is 4.98 Å². The van der Waals surface area contributed by atoms with E-state index in [-0.39, 0.29) is 17.0 Å². The Morgan fingerprint density at radius 3 is 1.98 bits per heavy atom.